The number of halogens is 1. The highest BCUT2D eigenvalue weighted by Crippen LogP contribution is 2.50. The molecule has 5 aromatic rings. The Morgan fingerprint density at radius 3 is 2.60 bits per heavy atom. The third-order valence-electron chi connectivity index (χ3n) is 7.91. The number of nitrogens with one attached hydrogen (secondary N) is 2. The molecule has 6 rings (SSSR count). The van der Waals surface area contributed by atoms with E-state index in [2.05, 4.69) is 10.3 Å². The number of hydrogen-bond acceptors (Lipinski definition) is 5. The summed E-state index contributed by atoms with van der Waals surface area (Å²) in [5, 5.41) is 14.3. The van der Waals surface area contributed by atoms with Crippen molar-refractivity contribution in [3.05, 3.63) is 89.4 Å². The minimum atomic E-state index is -0.542. The van der Waals surface area contributed by atoms with Gasteiger partial charge in [0.25, 0.3) is 5.91 Å². The van der Waals surface area contributed by atoms with Crippen LogP contribution in [0.2, 0.25) is 0 Å². The maximum absolute atomic E-state index is 14.5. The molecule has 3 heterocycles. The summed E-state index contributed by atoms with van der Waals surface area (Å²) in [5.41, 5.74) is 6.04. The van der Waals surface area contributed by atoms with Crippen molar-refractivity contribution in [3.8, 4) is 39.8 Å². The molecule has 0 saturated heterocycles. The molecule has 0 fully saturated rings. The van der Waals surface area contributed by atoms with Crippen molar-refractivity contribution in [1.29, 1.82) is 0 Å². The number of aliphatic hydroxyl groups is 1. The fraction of sp³-hybridized carbons (Fsp3) is 0.242. The van der Waals surface area contributed by atoms with Crippen molar-refractivity contribution in [1.82, 2.24) is 14.9 Å². The number of nitrogens with zero attached hydrogens (tertiary/aromatic N) is 1. The van der Waals surface area contributed by atoms with Crippen molar-refractivity contribution in [2.45, 2.75) is 25.4 Å². The van der Waals surface area contributed by atoms with Crippen LogP contribution in [0.5, 0.6) is 17.2 Å². The summed E-state index contributed by atoms with van der Waals surface area (Å²) >= 11 is 0. The average Bonchev–Trinajstić information content (AvgIpc) is 3.61. The van der Waals surface area contributed by atoms with E-state index in [9.17, 15) is 14.3 Å². The second-order valence-electron chi connectivity index (χ2n) is 10.3. The predicted octanol–water partition coefficient (Wildman–Crippen LogP) is 5.36. The van der Waals surface area contributed by atoms with Crippen LogP contribution < -0.4 is 19.5 Å². The van der Waals surface area contributed by atoms with Gasteiger partial charge in [0.15, 0.2) is 11.5 Å². The van der Waals surface area contributed by atoms with Crippen molar-refractivity contribution in [2.24, 2.45) is 0 Å². The van der Waals surface area contributed by atoms with E-state index in [1.807, 2.05) is 47.2 Å². The minimum Gasteiger partial charge on any atom is -0.493 e. The monoisotopic (exact) mass is 569 g/mol. The van der Waals surface area contributed by atoms with Gasteiger partial charge in [-0.15, -0.1) is 0 Å². The van der Waals surface area contributed by atoms with E-state index in [1.54, 1.807) is 33.5 Å². The van der Waals surface area contributed by atoms with Crippen LogP contribution in [0.4, 0.5) is 4.39 Å². The fourth-order valence-corrected chi connectivity index (χ4v) is 6.02. The third kappa shape index (κ3) is 4.65. The number of carbonyl (C=O) groups is 1. The summed E-state index contributed by atoms with van der Waals surface area (Å²) in [6.45, 7) is 0.306. The summed E-state index contributed by atoms with van der Waals surface area (Å²) < 4.78 is 33.5. The van der Waals surface area contributed by atoms with Gasteiger partial charge in [-0.3, -0.25) is 4.79 Å². The first-order valence-electron chi connectivity index (χ1n) is 13.8. The van der Waals surface area contributed by atoms with Crippen LogP contribution in [-0.4, -0.2) is 54.5 Å². The quantitative estimate of drug-likeness (QED) is 0.222. The number of aromatic nitrogens is 2. The molecule has 3 aromatic carbocycles. The van der Waals surface area contributed by atoms with Crippen LogP contribution >= 0.6 is 0 Å². The second-order valence-corrected chi connectivity index (χ2v) is 10.3. The number of hydrogen-bond donors (Lipinski definition) is 3. The number of carbonyl (C=O) groups excluding carboxylic acids is 1. The Balaban J connectivity index is 1.45. The molecule has 1 aliphatic rings. The van der Waals surface area contributed by atoms with Gasteiger partial charge in [0, 0.05) is 34.8 Å². The first-order chi connectivity index (χ1) is 20.5. The Morgan fingerprint density at radius 2 is 1.86 bits per heavy atom. The zero-order chi connectivity index (χ0) is 29.4. The number of aliphatic hydroxyl groups excluding tert-OH is 1. The normalized spacial score (nSPS) is 12.9. The van der Waals surface area contributed by atoms with Gasteiger partial charge in [0.05, 0.1) is 50.9 Å². The molecule has 216 valence electrons. The number of fused-ring (bicyclic) bond motifs is 4. The molecule has 0 spiro atoms. The standard InChI is InChI=1S/C33H32FN3O5/c1-40-28-15-19-11-12-37-27(29(19)32(42-3)31(28)41-2)16-25(30(37)20-7-6-8-22(34)13-20)33(39)36-23(18-38)14-21-17-35-26-10-5-4-9-24(21)26/h4-10,13,15-17,23,35,38H,11-12,14,18H2,1-3H3,(H,36,39). The summed E-state index contributed by atoms with van der Waals surface area (Å²) in [4.78, 5) is 17.2. The van der Waals surface area contributed by atoms with E-state index in [0.29, 0.717) is 53.5 Å². The Bertz CT molecular complexity index is 1790. The molecular weight excluding hydrogens is 537 g/mol. The number of H-pyrrole nitrogens is 1. The van der Waals surface area contributed by atoms with Crippen LogP contribution in [0.15, 0.2) is 66.9 Å². The Hall–Kier alpha value is -4.76. The summed E-state index contributed by atoms with van der Waals surface area (Å²) in [6.07, 6.45) is 2.97. The SMILES string of the molecule is COc1cc2c(c(OC)c1OC)-c1cc(C(=O)NC(CO)Cc3c[nH]c4ccccc34)c(-c3cccc(F)c3)n1CC2. The number of aromatic amines is 1. The van der Waals surface area contributed by atoms with Gasteiger partial charge in [-0.2, -0.15) is 0 Å². The van der Waals surface area contributed by atoms with Gasteiger partial charge in [-0.25, -0.2) is 4.39 Å². The zero-order valence-electron chi connectivity index (χ0n) is 23.7. The number of rotatable bonds is 9. The maximum Gasteiger partial charge on any atom is 0.253 e. The van der Waals surface area contributed by atoms with Crippen LogP contribution in [0, 0.1) is 5.82 Å². The van der Waals surface area contributed by atoms with Crippen molar-refractivity contribution in [2.75, 3.05) is 27.9 Å². The lowest BCUT2D eigenvalue weighted by molar-refractivity contribution is 0.0917. The molecule has 1 unspecified atom stereocenters. The van der Waals surface area contributed by atoms with Gasteiger partial charge in [0.2, 0.25) is 5.75 Å². The van der Waals surface area contributed by atoms with Gasteiger partial charge in [-0.05, 0) is 54.3 Å². The summed E-state index contributed by atoms with van der Waals surface area (Å²) in [6, 6.07) is 17.3. The Labute approximate surface area is 242 Å². The van der Waals surface area contributed by atoms with Crippen molar-refractivity contribution >= 4 is 16.8 Å². The highest BCUT2D eigenvalue weighted by Gasteiger charge is 2.32. The molecule has 3 N–H and O–H groups in total. The molecule has 9 heteroatoms. The Morgan fingerprint density at radius 1 is 1.05 bits per heavy atom. The summed E-state index contributed by atoms with van der Waals surface area (Å²) in [5.74, 6) is 0.735. The number of amides is 1. The molecule has 1 amide bonds. The summed E-state index contributed by atoms with van der Waals surface area (Å²) in [7, 11) is 4.69. The van der Waals surface area contributed by atoms with Crippen LogP contribution in [-0.2, 0) is 19.4 Å². The first kappa shape index (κ1) is 27.4. The zero-order valence-corrected chi connectivity index (χ0v) is 23.7. The number of aryl methyl sites for hydroxylation is 1. The molecule has 1 aliphatic heterocycles. The average molecular weight is 570 g/mol. The topological polar surface area (TPSA) is 97.7 Å². The maximum atomic E-state index is 14.5. The lowest BCUT2D eigenvalue weighted by atomic mass is 9.96. The fourth-order valence-electron chi connectivity index (χ4n) is 6.02. The highest BCUT2D eigenvalue weighted by molar-refractivity contribution is 6.03. The highest BCUT2D eigenvalue weighted by atomic mass is 19.1. The van der Waals surface area contributed by atoms with E-state index in [1.165, 1.54) is 12.1 Å². The lowest BCUT2D eigenvalue weighted by Crippen LogP contribution is -2.39. The number of ether oxygens (including phenoxy) is 3. The molecule has 8 nitrogen and oxygen atoms in total. The number of para-hydroxylation sites is 1. The predicted molar refractivity (Wildman–Crippen MR) is 159 cm³/mol. The lowest BCUT2D eigenvalue weighted by Gasteiger charge is -2.25. The van der Waals surface area contributed by atoms with E-state index >= 15 is 0 Å². The van der Waals surface area contributed by atoms with Gasteiger partial charge in [0.1, 0.15) is 5.82 Å². The van der Waals surface area contributed by atoms with Crippen LogP contribution in [0.3, 0.4) is 0 Å². The first-order valence-corrected chi connectivity index (χ1v) is 13.8. The Kier molecular flexibility index (Phi) is 7.34. The third-order valence-corrected chi connectivity index (χ3v) is 7.91. The smallest absolute Gasteiger partial charge is 0.253 e. The largest absolute Gasteiger partial charge is 0.493 e. The van der Waals surface area contributed by atoms with E-state index in [4.69, 9.17) is 14.2 Å². The van der Waals surface area contributed by atoms with Gasteiger partial charge >= 0.3 is 0 Å². The number of benzene rings is 3. The molecule has 0 bridgehead atoms. The number of methoxy groups -OCH3 is 3. The van der Waals surface area contributed by atoms with Crippen LogP contribution in [0.25, 0.3) is 33.4 Å². The van der Waals surface area contributed by atoms with Crippen molar-refractivity contribution in [3.63, 3.8) is 0 Å². The van der Waals surface area contributed by atoms with Gasteiger partial charge < -0.3 is 34.2 Å². The van der Waals surface area contributed by atoms with E-state index < -0.39 is 11.9 Å². The molecule has 42 heavy (non-hydrogen) atoms. The van der Waals surface area contributed by atoms with E-state index in [-0.39, 0.29) is 12.5 Å². The van der Waals surface area contributed by atoms with Gasteiger partial charge in [-0.1, -0.05) is 30.3 Å². The van der Waals surface area contributed by atoms with Crippen molar-refractivity contribution < 1.29 is 28.5 Å². The van der Waals surface area contributed by atoms with E-state index in [0.717, 1.165) is 33.3 Å². The molecule has 0 aliphatic carbocycles. The molecule has 0 saturated carbocycles. The molecule has 2 aromatic heterocycles. The molecular formula is C33H32FN3O5. The molecule has 0 radical (unpaired) electrons. The minimum absolute atomic E-state index is 0.248. The second kappa shape index (κ2) is 11.3. The van der Waals surface area contributed by atoms with Crippen LogP contribution in [0.1, 0.15) is 21.5 Å². The molecule has 1 atom stereocenters.